The molecule has 9 heteroatoms. The van der Waals surface area contributed by atoms with Crippen LogP contribution in [0.15, 0.2) is 70.0 Å². The molecule has 4 rings (SSSR count). The molecule has 162 valence electrons. The summed E-state index contributed by atoms with van der Waals surface area (Å²) >= 11 is 1.20. The number of thiazole rings is 1. The predicted octanol–water partition coefficient (Wildman–Crippen LogP) is 2.82. The van der Waals surface area contributed by atoms with Crippen LogP contribution in [0.5, 0.6) is 0 Å². The number of fused-ring (bicyclic) bond motifs is 1. The summed E-state index contributed by atoms with van der Waals surface area (Å²) in [6.45, 7) is 3.50. The fraction of sp³-hybridized carbons (Fsp3) is 0.174. The average molecular weight is 449 g/mol. The number of nitrogens with zero attached hydrogens (tertiary/aromatic N) is 3. The summed E-state index contributed by atoms with van der Waals surface area (Å²) in [5, 5.41) is 11.3. The van der Waals surface area contributed by atoms with E-state index in [-0.39, 0.29) is 23.4 Å². The lowest BCUT2D eigenvalue weighted by molar-refractivity contribution is -0.384. The quantitative estimate of drug-likeness (QED) is 0.338. The molecule has 2 aromatic carbocycles. The summed E-state index contributed by atoms with van der Waals surface area (Å²) in [6.07, 6.45) is 1.77. The Morgan fingerprint density at radius 1 is 1.25 bits per heavy atom. The fourth-order valence-corrected chi connectivity index (χ4v) is 4.61. The largest absolute Gasteiger partial charge is 0.463 e. The van der Waals surface area contributed by atoms with Gasteiger partial charge in [-0.15, -0.1) is 0 Å². The van der Waals surface area contributed by atoms with Crippen LogP contribution >= 0.6 is 11.3 Å². The topological polar surface area (TPSA) is 104 Å². The molecular weight excluding hydrogens is 430 g/mol. The van der Waals surface area contributed by atoms with Crippen molar-refractivity contribution < 1.29 is 14.5 Å². The molecule has 0 unspecified atom stereocenters. The van der Waals surface area contributed by atoms with E-state index in [1.807, 2.05) is 30.3 Å². The number of esters is 1. The maximum Gasteiger partial charge on any atom is 0.338 e. The van der Waals surface area contributed by atoms with Crippen LogP contribution in [0.3, 0.4) is 0 Å². The van der Waals surface area contributed by atoms with Gasteiger partial charge in [-0.05, 0) is 31.1 Å². The van der Waals surface area contributed by atoms with E-state index in [0.29, 0.717) is 20.6 Å². The van der Waals surface area contributed by atoms with Crippen molar-refractivity contribution in [2.24, 2.45) is 4.99 Å². The van der Waals surface area contributed by atoms with Gasteiger partial charge in [0, 0.05) is 17.8 Å². The monoisotopic (exact) mass is 449 g/mol. The second kappa shape index (κ2) is 8.72. The van der Waals surface area contributed by atoms with Crippen LogP contribution in [0.25, 0.3) is 11.8 Å². The number of rotatable bonds is 5. The van der Waals surface area contributed by atoms with Crippen molar-refractivity contribution in [3.05, 3.63) is 101 Å². The van der Waals surface area contributed by atoms with Crippen LogP contribution in [0.2, 0.25) is 0 Å². The van der Waals surface area contributed by atoms with E-state index in [1.165, 1.54) is 28.0 Å². The number of nitro groups is 1. The molecule has 0 spiro atoms. The van der Waals surface area contributed by atoms with Crippen molar-refractivity contribution in [2.45, 2.75) is 19.9 Å². The summed E-state index contributed by atoms with van der Waals surface area (Å²) in [4.78, 5) is 41.8. The summed E-state index contributed by atoms with van der Waals surface area (Å²) in [6, 6.07) is 14.6. The van der Waals surface area contributed by atoms with Gasteiger partial charge in [0.2, 0.25) is 0 Å². The Morgan fingerprint density at radius 3 is 2.69 bits per heavy atom. The molecule has 1 aliphatic heterocycles. The minimum atomic E-state index is -0.823. The van der Waals surface area contributed by atoms with Crippen LogP contribution in [-0.4, -0.2) is 22.1 Å². The molecule has 8 nitrogen and oxygen atoms in total. The molecule has 3 aromatic rings. The van der Waals surface area contributed by atoms with Gasteiger partial charge >= 0.3 is 5.97 Å². The molecule has 32 heavy (non-hydrogen) atoms. The van der Waals surface area contributed by atoms with Crippen molar-refractivity contribution >= 4 is 34.8 Å². The first-order chi connectivity index (χ1) is 15.4. The van der Waals surface area contributed by atoms with Crippen molar-refractivity contribution in [3.8, 4) is 0 Å². The Kier molecular flexibility index (Phi) is 5.83. The Balaban J connectivity index is 1.96. The van der Waals surface area contributed by atoms with Gasteiger partial charge in [-0.1, -0.05) is 53.8 Å². The molecule has 0 amide bonds. The first kappa shape index (κ1) is 21.4. The van der Waals surface area contributed by atoms with E-state index in [4.69, 9.17) is 4.74 Å². The molecule has 0 aliphatic carbocycles. The van der Waals surface area contributed by atoms with Gasteiger partial charge < -0.3 is 4.74 Å². The van der Waals surface area contributed by atoms with Gasteiger partial charge in [0.15, 0.2) is 4.80 Å². The molecule has 0 saturated heterocycles. The third-order valence-electron chi connectivity index (χ3n) is 5.03. The number of non-ortho nitro benzene ring substituents is 1. The molecular formula is C23H19N3O5S. The first-order valence-corrected chi connectivity index (χ1v) is 10.7. The number of allylic oxidation sites excluding steroid dienone is 1. The number of hydrogen-bond donors (Lipinski definition) is 0. The molecule has 0 N–H and O–H groups in total. The number of ether oxygens (including phenoxy) is 1. The van der Waals surface area contributed by atoms with Gasteiger partial charge in [-0.25, -0.2) is 9.79 Å². The Bertz CT molecular complexity index is 1420. The second-order valence-corrected chi connectivity index (χ2v) is 8.06. The van der Waals surface area contributed by atoms with Crippen molar-refractivity contribution in [2.75, 3.05) is 6.61 Å². The zero-order chi connectivity index (χ0) is 22.8. The molecule has 2 heterocycles. The zero-order valence-corrected chi connectivity index (χ0v) is 18.2. The number of benzene rings is 2. The minimum absolute atomic E-state index is 0.106. The summed E-state index contributed by atoms with van der Waals surface area (Å²) < 4.78 is 7.10. The highest BCUT2D eigenvalue weighted by Crippen LogP contribution is 2.33. The lowest BCUT2D eigenvalue weighted by atomic mass is 9.96. The van der Waals surface area contributed by atoms with E-state index >= 15 is 0 Å². The lowest BCUT2D eigenvalue weighted by Gasteiger charge is -2.22. The molecule has 0 bridgehead atoms. The highest BCUT2D eigenvalue weighted by molar-refractivity contribution is 7.07. The number of carbonyl (C=O) groups excluding carboxylic acids is 1. The first-order valence-electron chi connectivity index (χ1n) is 9.89. The predicted molar refractivity (Wildman–Crippen MR) is 121 cm³/mol. The average Bonchev–Trinajstić information content (AvgIpc) is 3.09. The molecule has 1 atom stereocenters. The standard InChI is InChI=1S/C23H19N3O5S/c1-3-31-22(28)19-14(2)25-21(27)18(12-15-8-5-4-6-9-15)32-23(25)24-20(19)16-10-7-11-17(13-16)26(29)30/h4-13,20H,3H2,1-2H3/b18-12-/t20-/m1/s1. The number of hydrogen-bond acceptors (Lipinski definition) is 7. The smallest absolute Gasteiger partial charge is 0.338 e. The molecule has 0 fully saturated rings. The van der Waals surface area contributed by atoms with E-state index < -0.39 is 16.9 Å². The molecule has 0 saturated carbocycles. The maximum absolute atomic E-state index is 13.1. The molecule has 1 aromatic heterocycles. The van der Waals surface area contributed by atoms with Crippen LogP contribution in [0.4, 0.5) is 5.69 Å². The van der Waals surface area contributed by atoms with E-state index in [2.05, 4.69) is 4.99 Å². The third kappa shape index (κ3) is 3.90. The summed E-state index contributed by atoms with van der Waals surface area (Å²) in [5.74, 6) is -0.609. The normalized spacial score (nSPS) is 15.8. The van der Waals surface area contributed by atoms with Crippen LogP contribution < -0.4 is 14.9 Å². The summed E-state index contributed by atoms with van der Waals surface area (Å²) in [7, 11) is 0. The molecule has 0 radical (unpaired) electrons. The third-order valence-corrected chi connectivity index (χ3v) is 6.02. The Labute approximate surface area is 186 Å². The highest BCUT2D eigenvalue weighted by atomic mass is 32.1. The maximum atomic E-state index is 13.1. The minimum Gasteiger partial charge on any atom is -0.463 e. The second-order valence-electron chi connectivity index (χ2n) is 7.05. The van der Waals surface area contributed by atoms with Crippen molar-refractivity contribution in [3.63, 3.8) is 0 Å². The van der Waals surface area contributed by atoms with Crippen LogP contribution in [0, 0.1) is 10.1 Å². The number of carbonyl (C=O) groups is 1. The summed E-state index contributed by atoms with van der Waals surface area (Å²) in [5.41, 5.74) is 1.54. The number of aromatic nitrogens is 1. The fourth-order valence-electron chi connectivity index (χ4n) is 3.57. The van der Waals surface area contributed by atoms with Crippen LogP contribution in [-0.2, 0) is 9.53 Å². The van der Waals surface area contributed by atoms with Crippen molar-refractivity contribution in [1.82, 2.24) is 4.57 Å². The van der Waals surface area contributed by atoms with E-state index in [9.17, 15) is 19.7 Å². The Hall–Kier alpha value is -3.85. The van der Waals surface area contributed by atoms with Gasteiger partial charge in [-0.3, -0.25) is 19.5 Å². The highest BCUT2D eigenvalue weighted by Gasteiger charge is 2.32. The van der Waals surface area contributed by atoms with Gasteiger partial charge in [0.1, 0.15) is 6.04 Å². The van der Waals surface area contributed by atoms with E-state index in [0.717, 1.165) is 5.56 Å². The van der Waals surface area contributed by atoms with E-state index in [1.54, 1.807) is 32.1 Å². The number of nitro benzene ring substituents is 1. The molecule has 1 aliphatic rings. The van der Waals surface area contributed by atoms with Gasteiger partial charge in [-0.2, -0.15) is 0 Å². The van der Waals surface area contributed by atoms with Crippen LogP contribution in [0.1, 0.15) is 31.0 Å². The van der Waals surface area contributed by atoms with Gasteiger partial charge in [0.05, 0.1) is 21.6 Å². The van der Waals surface area contributed by atoms with Gasteiger partial charge in [0.25, 0.3) is 11.2 Å². The van der Waals surface area contributed by atoms with Crippen molar-refractivity contribution in [1.29, 1.82) is 0 Å². The zero-order valence-electron chi connectivity index (χ0n) is 17.3. The SMILES string of the molecule is CCOC(=O)C1=C(C)n2c(s/c(=C\c3ccccc3)c2=O)=N[C@@H]1c1cccc([N+](=O)[O-])c1. The lowest BCUT2D eigenvalue weighted by Crippen LogP contribution is -2.35. The Morgan fingerprint density at radius 2 is 2.00 bits per heavy atom.